The zero-order valence-corrected chi connectivity index (χ0v) is 25.9. The Hall–Kier alpha value is -3.46. The van der Waals surface area contributed by atoms with Crippen molar-refractivity contribution in [3.63, 3.8) is 0 Å². The molecule has 0 aliphatic carbocycles. The van der Waals surface area contributed by atoms with Crippen molar-refractivity contribution in [2.24, 2.45) is 0 Å². The molecule has 6 aromatic carbocycles. The Morgan fingerprint density at radius 3 is 0.610 bits per heavy atom. The van der Waals surface area contributed by atoms with Gasteiger partial charge in [0.15, 0.2) is 0 Å². The standard InChI is InChI=1S/C38H30S2Se/c1-7-19-31(20-8-1)37(32-21-9-2-10-22-32,33-23-11-3-12-24-33)39-41-40-38(34-25-13-4-14-26-34,35-27-15-5-16-28-35)36-29-17-6-18-30-36/h1-30H. The average Bonchev–Trinajstić information content (AvgIpc) is 3.08. The van der Waals surface area contributed by atoms with Crippen LogP contribution in [-0.2, 0) is 9.49 Å². The number of benzene rings is 6. The third kappa shape index (κ3) is 5.56. The SMILES string of the molecule is c1ccc(C(S[Se]SC(c2ccccc2)(c2ccccc2)c2ccccc2)(c2ccccc2)c2ccccc2)cc1. The fourth-order valence-corrected chi connectivity index (χ4v) is 15.9. The molecule has 200 valence electrons. The van der Waals surface area contributed by atoms with Crippen LogP contribution in [0.1, 0.15) is 33.4 Å². The summed E-state index contributed by atoms with van der Waals surface area (Å²) in [6, 6.07) is 66.1. The molecule has 0 saturated heterocycles. The molecule has 0 spiro atoms. The fraction of sp³-hybridized carbons (Fsp3) is 0.0526. The molecular formula is C38H30S2Se. The van der Waals surface area contributed by atoms with E-state index in [-0.39, 0.29) is 22.2 Å². The molecule has 0 unspecified atom stereocenters. The van der Waals surface area contributed by atoms with Gasteiger partial charge in [-0.2, -0.15) is 0 Å². The van der Waals surface area contributed by atoms with Crippen LogP contribution in [0.25, 0.3) is 0 Å². The molecule has 41 heavy (non-hydrogen) atoms. The van der Waals surface area contributed by atoms with Gasteiger partial charge in [-0.15, -0.1) is 0 Å². The summed E-state index contributed by atoms with van der Waals surface area (Å²) < 4.78 is -0.681. The minimum absolute atomic E-state index is 0.100. The molecule has 0 fully saturated rings. The maximum atomic E-state index is 2.28. The fourth-order valence-electron chi connectivity index (χ4n) is 5.44. The van der Waals surface area contributed by atoms with E-state index in [4.69, 9.17) is 0 Å². The zero-order valence-electron chi connectivity index (χ0n) is 22.5. The Bertz CT molecular complexity index is 1310. The molecule has 0 N–H and O–H groups in total. The van der Waals surface area contributed by atoms with Crippen molar-refractivity contribution < 1.29 is 0 Å². The second kappa shape index (κ2) is 13.0. The van der Waals surface area contributed by atoms with Gasteiger partial charge in [-0.3, -0.25) is 0 Å². The number of hydrogen-bond donors (Lipinski definition) is 0. The van der Waals surface area contributed by atoms with Crippen LogP contribution in [0.5, 0.6) is 0 Å². The van der Waals surface area contributed by atoms with Crippen molar-refractivity contribution in [1.29, 1.82) is 0 Å². The van der Waals surface area contributed by atoms with E-state index < -0.39 is 0 Å². The van der Waals surface area contributed by atoms with Crippen LogP contribution in [0.3, 0.4) is 0 Å². The van der Waals surface area contributed by atoms with Crippen molar-refractivity contribution in [3.8, 4) is 0 Å². The summed E-state index contributed by atoms with van der Waals surface area (Å²) in [7, 11) is 4.13. The van der Waals surface area contributed by atoms with Crippen molar-refractivity contribution in [3.05, 3.63) is 215 Å². The summed E-state index contributed by atoms with van der Waals surface area (Å²) >= 11 is 0.100. The van der Waals surface area contributed by atoms with Gasteiger partial charge >= 0.3 is 258 Å². The zero-order chi connectivity index (χ0) is 27.8. The number of hydrogen-bond acceptors (Lipinski definition) is 2. The predicted octanol–water partition coefficient (Wildman–Crippen LogP) is 9.97. The van der Waals surface area contributed by atoms with Gasteiger partial charge < -0.3 is 0 Å². The summed E-state index contributed by atoms with van der Waals surface area (Å²) in [6.45, 7) is 0. The Kier molecular flexibility index (Phi) is 8.79. The van der Waals surface area contributed by atoms with E-state index in [9.17, 15) is 0 Å². The third-order valence-corrected chi connectivity index (χ3v) is 15.6. The Morgan fingerprint density at radius 1 is 0.268 bits per heavy atom. The molecule has 3 heteroatoms. The normalized spacial score (nSPS) is 11.7. The van der Waals surface area contributed by atoms with Gasteiger partial charge in [0.1, 0.15) is 0 Å². The molecule has 0 aliphatic heterocycles. The van der Waals surface area contributed by atoms with E-state index in [1.54, 1.807) is 0 Å². The summed E-state index contributed by atoms with van der Waals surface area (Å²) in [4.78, 5) is 0. The van der Waals surface area contributed by atoms with Crippen LogP contribution < -0.4 is 0 Å². The first kappa shape index (κ1) is 27.7. The molecule has 0 aromatic heterocycles. The molecule has 0 radical (unpaired) electrons. The van der Waals surface area contributed by atoms with Crippen LogP contribution in [-0.4, -0.2) is 12.7 Å². The first-order valence-electron chi connectivity index (χ1n) is 13.7. The average molecular weight is 630 g/mol. The van der Waals surface area contributed by atoms with E-state index in [1.807, 2.05) is 0 Å². The van der Waals surface area contributed by atoms with Crippen LogP contribution in [0.2, 0.25) is 0 Å². The van der Waals surface area contributed by atoms with Crippen molar-refractivity contribution in [2.45, 2.75) is 9.49 Å². The molecule has 0 aliphatic rings. The Labute approximate surface area is 256 Å². The van der Waals surface area contributed by atoms with Gasteiger partial charge in [-0.1, -0.05) is 0 Å². The molecule has 6 rings (SSSR count). The van der Waals surface area contributed by atoms with Gasteiger partial charge in [0.2, 0.25) is 0 Å². The van der Waals surface area contributed by atoms with E-state index >= 15 is 0 Å². The first-order valence-corrected chi connectivity index (χ1v) is 19.4. The molecular weight excluding hydrogens is 600 g/mol. The van der Waals surface area contributed by atoms with Crippen LogP contribution in [0, 0.1) is 0 Å². The van der Waals surface area contributed by atoms with Crippen LogP contribution in [0.4, 0.5) is 0 Å². The third-order valence-electron chi connectivity index (χ3n) is 7.40. The van der Waals surface area contributed by atoms with Gasteiger partial charge in [-0.05, 0) is 0 Å². The molecule has 0 saturated carbocycles. The van der Waals surface area contributed by atoms with E-state index in [2.05, 4.69) is 202 Å². The summed E-state index contributed by atoms with van der Waals surface area (Å²) in [5.41, 5.74) is 7.80. The van der Waals surface area contributed by atoms with E-state index in [0.29, 0.717) is 0 Å². The summed E-state index contributed by atoms with van der Waals surface area (Å²) in [5, 5.41) is 0. The molecule has 0 nitrogen and oxygen atoms in total. The second-order valence-corrected chi connectivity index (χ2v) is 16.6. The second-order valence-electron chi connectivity index (χ2n) is 9.79. The molecule has 0 bridgehead atoms. The molecule has 0 heterocycles. The van der Waals surface area contributed by atoms with Crippen molar-refractivity contribution >= 4 is 33.1 Å². The number of rotatable bonds is 10. The van der Waals surface area contributed by atoms with Gasteiger partial charge in [0, 0.05) is 0 Å². The minimum atomic E-state index is -0.341. The van der Waals surface area contributed by atoms with E-state index in [0.717, 1.165) is 0 Å². The van der Waals surface area contributed by atoms with Crippen molar-refractivity contribution in [2.75, 3.05) is 0 Å². The topological polar surface area (TPSA) is 0 Å². The first-order chi connectivity index (χ1) is 20.3. The Morgan fingerprint density at radius 2 is 0.439 bits per heavy atom. The Balaban J connectivity index is 1.50. The van der Waals surface area contributed by atoms with Crippen LogP contribution >= 0.6 is 20.4 Å². The quantitative estimate of drug-likeness (QED) is 0.109. The van der Waals surface area contributed by atoms with Gasteiger partial charge in [-0.25, -0.2) is 0 Å². The summed E-state index contributed by atoms with van der Waals surface area (Å²) in [6.07, 6.45) is 0. The van der Waals surface area contributed by atoms with Gasteiger partial charge in [0.25, 0.3) is 0 Å². The van der Waals surface area contributed by atoms with Crippen molar-refractivity contribution in [1.82, 2.24) is 0 Å². The molecule has 0 atom stereocenters. The van der Waals surface area contributed by atoms with Crippen LogP contribution in [0.15, 0.2) is 182 Å². The molecule has 0 amide bonds. The van der Waals surface area contributed by atoms with E-state index in [1.165, 1.54) is 33.4 Å². The summed E-state index contributed by atoms with van der Waals surface area (Å²) in [5.74, 6) is 0. The molecule has 6 aromatic rings. The predicted molar refractivity (Wildman–Crippen MR) is 179 cm³/mol. The monoisotopic (exact) mass is 630 g/mol. The maximum absolute atomic E-state index is 2.28. The van der Waals surface area contributed by atoms with Gasteiger partial charge in [0.05, 0.1) is 0 Å².